The first-order valence-electron chi connectivity index (χ1n) is 6.07. The predicted octanol–water partition coefficient (Wildman–Crippen LogP) is 4.08. The maximum atomic E-state index is 13.7. The minimum atomic E-state index is -0.140. The van der Waals surface area contributed by atoms with Crippen LogP contribution >= 0.6 is 11.8 Å². The summed E-state index contributed by atoms with van der Waals surface area (Å²) in [5.41, 5.74) is 2.01. The fraction of sp³-hybridized carbons (Fsp3) is 0.571. The topological polar surface area (TPSA) is 12.0 Å². The summed E-state index contributed by atoms with van der Waals surface area (Å²) in [5.74, 6) is 2.12. The van der Waals surface area contributed by atoms with Crippen molar-refractivity contribution in [2.24, 2.45) is 5.41 Å². The van der Waals surface area contributed by atoms with Crippen LogP contribution in [0.25, 0.3) is 0 Å². The normalized spacial score (nSPS) is 23.4. The van der Waals surface area contributed by atoms with Gasteiger partial charge in [0, 0.05) is 11.8 Å². The molecule has 17 heavy (non-hydrogen) atoms. The zero-order valence-corrected chi connectivity index (χ0v) is 11.5. The van der Waals surface area contributed by atoms with Crippen molar-refractivity contribution in [3.63, 3.8) is 0 Å². The van der Waals surface area contributed by atoms with Crippen molar-refractivity contribution >= 4 is 17.4 Å². The first-order valence-corrected chi connectivity index (χ1v) is 7.23. The zero-order valence-electron chi connectivity index (χ0n) is 10.7. The molecule has 1 N–H and O–H groups in total. The third kappa shape index (κ3) is 3.15. The summed E-state index contributed by atoms with van der Waals surface area (Å²) in [5, 5.41) is 3.38. The van der Waals surface area contributed by atoms with Crippen LogP contribution < -0.4 is 5.32 Å². The van der Waals surface area contributed by atoms with Crippen LogP contribution in [0.5, 0.6) is 0 Å². The van der Waals surface area contributed by atoms with Crippen molar-refractivity contribution < 1.29 is 4.39 Å². The fourth-order valence-corrected chi connectivity index (χ4v) is 3.65. The molecule has 0 aromatic heterocycles. The van der Waals surface area contributed by atoms with Gasteiger partial charge in [0.25, 0.3) is 0 Å². The van der Waals surface area contributed by atoms with E-state index in [4.69, 9.17) is 0 Å². The van der Waals surface area contributed by atoms with Gasteiger partial charge in [0.1, 0.15) is 5.82 Å². The number of para-hydroxylation sites is 1. The van der Waals surface area contributed by atoms with Gasteiger partial charge in [-0.25, -0.2) is 4.39 Å². The molecule has 1 aromatic rings. The van der Waals surface area contributed by atoms with Crippen molar-refractivity contribution in [2.45, 2.75) is 33.2 Å². The van der Waals surface area contributed by atoms with Crippen molar-refractivity contribution in [1.82, 2.24) is 0 Å². The smallest absolute Gasteiger partial charge is 0.146 e. The Hall–Kier alpha value is -0.700. The number of hydrogen-bond donors (Lipinski definition) is 1. The Morgan fingerprint density at radius 3 is 2.82 bits per heavy atom. The molecule has 2 rings (SSSR count). The SMILES string of the molecule is Cc1cccc(F)c1NC1CSCC(C)(C)C1. The molecule has 1 aliphatic rings. The Balaban J connectivity index is 2.10. The van der Waals surface area contributed by atoms with Crippen LogP contribution in [0.4, 0.5) is 10.1 Å². The second-order valence-electron chi connectivity index (χ2n) is 5.66. The van der Waals surface area contributed by atoms with Crippen LogP contribution in [0.3, 0.4) is 0 Å². The van der Waals surface area contributed by atoms with Crippen molar-refractivity contribution in [3.05, 3.63) is 29.6 Å². The van der Waals surface area contributed by atoms with E-state index in [9.17, 15) is 4.39 Å². The summed E-state index contributed by atoms with van der Waals surface area (Å²) in [6.45, 7) is 6.51. The van der Waals surface area contributed by atoms with Crippen LogP contribution in [0, 0.1) is 18.2 Å². The highest BCUT2D eigenvalue weighted by Gasteiger charge is 2.28. The quantitative estimate of drug-likeness (QED) is 0.852. The van der Waals surface area contributed by atoms with Crippen LogP contribution in [-0.2, 0) is 0 Å². The molecule has 1 unspecified atom stereocenters. The number of rotatable bonds is 2. The van der Waals surface area contributed by atoms with E-state index >= 15 is 0 Å². The van der Waals surface area contributed by atoms with E-state index in [-0.39, 0.29) is 5.82 Å². The van der Waals surface area contributed by atoms with E-state index in [1.165, 1.54) is 11.8 Å². The number of nitrogens with one attached hydrogen (secondary N) is 1. The molecule has 1 aliphatic heterocycles. The second kappa shape index (κ2) is 4.89. The number of benzene rings is 1. The maximum absolute atomic E-state index is 13.7. The Morgan fingerprint density at radius 2 is 2.18 bits per heavy atom. The highest BCUT2D eigenvalue weighted by Crippen LogP contribution is 2.35. The van der Waals surface area contributed by atoms with E-state index < -0.39 is 0 Å². The third-order valence-electron chi connectivity index (χ3n) is 3.18. The van der Waals surface area contributed by atoms with E-state index in [1.54, 1.807) is 6.07 Å². The second-order valence-corrected chi connectivity index (χ2v) is 6.69. The van der Waals surface area contributed by atoms with E-state index in [1.807, 2.05) is 24.8 Å². The van der Waals surface area contributed by atoms with Gasteiger partial charge in [0.2, 0.25) is 0 Å². The lowest BCUT2D eigenvalue weighted by molar-refractivity contribution is 0.357. The number of aryl methyl sites for hydroxylation is 1. The molecule has 1 heterocycles. The highest BCUT2D eigenvalue weighted by molar-refractivity contribution is 7.99. The first-order chi connectivity index (χ1) is 7.98. The van der Waals surface area contributed by atoms with Gasteiger partial charge in [-0.15, -0.1) is 0 Å². The average molecular weight is 253 g/mol. The van der Waals surface area contributed by atoms with Gasteiger partial charge in [-0.3, -0.25) is 0 Å². The summed E-state index contributed by atoms with van der Waals surface area (Å²) in [7, 11) is 0. The van der Waals surface area contributed by atoms with Gasteiger partial charge in [0.15, 0.2) is 0 Å². The molecule has 0 saturated carbocycles. The molecule has 0 bridgehead atoms. The van der Waals surface area contributed by atoms with Crippen LogP contribution in [0.2, 0.25) is 0 Å². The average Bonchev–Trinajstić information content (AvgIpc) is 2.22. The zero-order chi connectivity index (χ0) is 12.5. The molecule has 0 spiro atoms. The molecule has 1 nitrogen and oxygen atoms in total. The molecule has 3 heteroatoms. The van der Waals surface area contributed by atoms with Gasteiger partial charge in [-0.2, -0.15) is 11.8 Å². The summed E-state index contributed by atoms with van der Waals surface area (Å²) >= 11 is 1.96. The molecular formula is C14H20FNS. The predicted molar refractivity (Wildman–Crippen MR) is 74.3 cm³/mol. The van der Waals surface area contributed by atoms with Crippen molar-refractivity contribution in [1.29, 1.82) is 0 Å². The monoisotopic (exact) mass is 253 g/mol. The fourth-order valence-electron chi connectivity index (χ4n) is 2.37. The number of anilines is 1. The minimum Gasteiger partial charge on any atom is -0.379 e. The third-order valence-corrected chi connectivity index (χ3v) is 4.80. The highest BCUT2D eigenvalue weighted by atomic mass is 32.2. The Bertz CT molecular complexity index is 383. The molecule has 0 radical (unpaired) electrons. The van der Waals surface area contributed by atoms with Gasteiger partial charge in [0.05, 0.1) is 5.69 Å². The van der Waals surface area contributed by atoms with Crippen molar-refractivity contribution in [3.8, 4) is 0 Å². The van der Waals surface area contributed by atoms with Gasteiger partial charge < -0.3 is 5.32 Å². The number of thioether (sulfide) groups is 1. The summed E-state index contributed by atoms with van der Waals surface area (Å²) in [4.78, 5) is 0. The first kappa shape index (κ1) is 12.7. The molecule has 1 fully saturated rings. The Labute approximate surface area is 107 Å². The Kier molecular flexibility index (Phi) is 3.67. The molecular weight excluding hydrogens is 233 g/mol. The number of halogens is 1. The lowest BCUT2D eigenvalue weighted by atomic mass is 9.87. The van der Waals surface area contributed by atoms with Gasteiger partial charge >= 0.3 is 0 Å². The molecule has 1 atom stereocenters. The van der Waals surface area contributed by atoms with E-state index in [0.29, 0.717) is 17.1 Å². The summed E-state index contributed by atoms with van der Waals surface area (Å²) in [6.07, 6.45) is 1.10. The molecule has 0 aliphatic carbocycles. The maximum Gasteiger partial charge on any atom is 0.146 e. The Morgan fingerprint density at radius 1 is 1.41 bits per heavy atom. The molecule has 0 amide bonds. The molecule has 1 aromatic carbocycles. The van der Waals surface area contributed by atoms with E-state index in [0.717, 1.165) is 17.7 Å². The summed E-state index contributed by atoms with van der Waals surface area (Å²) in [6, 6.07) is 5.61. The van der Waals surface area contributed by atoms with Gasteiger partial charge in [-0.05, 0) is 36.1 Å². The van der Waals surface area contributed by atoms with E-state index in [2.05, 4.69) is 19.2 Å². The lowest BCUT2D eigenvalue weighted by Crippen LogP contribution is -2.35. The molecule has 94 valence electrons. The van der Waals surface area contributed by atoms with Gasteiger partial charge in [-0.1, -0.05) is 26.0 Å². The standard InChI is InChI=1S/C14H20FNS/c1-10-5-4-6-12(15)13(10)16-11-7-14(2,3)9-17-8-11/h4-6,11,16H,7-9H2,1-3H3. The van der Waals surface area contributed by atoms with Crippen LogP contribution in [0.15, 0.2) is 18.2 Å². The van der Waals surface area contributed by atoms with Crippen molar-refractivity contribution in [2.75, 3.05) is 16.8 Å². The van der Waals surface area contributed by atoms with Crippen LogP contribution in [-0.4, -0.2) is 17.5 Å². The van der Waals surface area contributed by atoms with Crippen LogP contribution in [0.1, 0.15) is 25.8 Å². The minimum absolute atomic E-state index is 0.140. The summed E-state index contributed by atoms with van der Waals surface area (Å²) < 4.78 is 13.7. The molecule has 1 saturated heterocycles. The largest absolute Gasteiger partial charge is 0.379 e. The number of hydrogen-bond acceptors (Lipinski definition) is 2. The lowest BCUT2D eigenvalue weighted by Gasteiger charge is -2.35.